The van der Waals surface area contributed by atoms with E-state index in [0.717, 1.165) is 36.0 Å². The second-order valence-electron chi connectivity index (χ2n) is 5.81. The molecule has 0 spiro atoms. The fourth-order valence-electron chi connectivity index (χ4n) is 2.76. The van der Waals surface area contributed by atoms with E-state index in [0.29, 0.717) is 13.0 Å². The Bertz CT molecular complexity index is 485. The molecule has 0 aliphatic rings. The predicted octanol–water partition coefficient (Wildman–Crippen LogP) is 4.49. The summed E-state index contributed by atoms with van der Waals surface area (Å²) in [5, 5.41) is 0. The van der Waals surface area contributed by atoms with Crippen molar-refractivity contribution < 1.29 is 14.3 Å². The largest absolute Gasteiger partial charge is 0.466 e. The Kier molecular flexibility index (Phi) is 7.86. The SMILES string of the molecule is CCCCCOC(=O)CC(C(=O)CC)c1c(C)cccc1C. The third-order valence-electron chi connectivity index (χ3n) is 4.01. The molecule has 0 aliphatic carbocycles. The minimum atomic E-state index is -0.384. The number of carbonyl (C=O) groups excluding carboxylic acids is 2. The van der Waals surface area contributed by atoms with E-state index in [4.69, 9.17) is 4.74 Å². The highest BCUT2D eigenvalue weighted by Gasteiger charge is 2.25. The summed E-state index contributed by atoms with van der Waals surface area (Å²) in [6.07, 6.45) is 3.61. The number of hydrogen-bond acceptors (Lipinski definition) is 3. The maximum Gasteiger partial charge on any atom is 0.306 e. The molecular formula is C19H28O3. The number of unbranched alkanes of at least 4 members (excludes halogenated alkanes) is 2. The number of Topliss-reactive ketones (excluding diaryl/α,β-unsaturated/α-hetero) is 1. The first-order valence-corrected chi connectivity index (χ1v) is 8.25. The van der Waals surface area contributed by atoms with Crippen molar-refractivity contribution in [1.29, 1.82) is 0 Å². The maximum absolute atomic E-state index is 12.3. The smallest absolute Gasteiger partial charge is 0.306 e. The Labute approximate surface area is 134 Å². The molecule has 122 valence electrons. The molecule has 0 bridgehead atoms. The van der Waals surface area contributed by atoms with Gasteiger partial charge in [-0.25, -0.2) is 0 Å². The molecule has 3 heteroatoms. The minimum Gasteiger partial charge on any atom is -0.466 e. The molecule has 0 saturated heterocycles. The van der Waals surface area contributed by atoms with E-state index in [1.54, 1.807) is 0 Å². The number of ether oxygens (including phenoxy) is 1. The summed E-state index contributed by atoms with van der Waals surface area (Å²) < 4.78 is 5.28. The summed E-state index contributed by atoms with van der Waals surface area (Å²) in [5.74, 6) is -0.557. The van der Waals surface area contributed by atoms with Crippen LogP contribution in [0.4, 0.5) is 0 Å². The van der Waals surface area contributed by atoms with Crippen LogP contribution in [-0.2, 0) is 14.3 Å². The highest BCUT2D eigenvalue weighted by Crippen LogP contribution is 2.28. The summed E-state index contributed by atoms with van der Waals surface area (Å²) >= 11 is 0. The van der Waals surface area contributed by atoms with E-state index >= 15 is 0 Å². The zero-order valence-electron chi connectivity index (χ0n) is 14.3. The van der Waals surface area contributed by atoms with Crippen molar-refractivity contribution in [3.8, 4) is 0 Å². The predicted molar refractivity (Wildman–Crippen MR) is 89.1 cm³/mol. The topological polar surface area (TPSA) is 43.4 Å². The molecule has 0 amide bonds. The lowest BCUT2D eigenvalue weighted by Gasteiger charge is -2.19. The van der Waals surface area contributed by atoms with Crippen molar-refractivity contribution in [3.63, 3.8) is 0 Å². The molecule has 0 heterocycles. The molecule has 1 aromatic carbocycles. The van der Waals surface area contributed by atoms with Crippen molar-refractivity contribution in [3.05, 3.63) is 34.9 Å². The van der Waals surface area contributed by atoms with Gasteiger partial charge in [-0.15, -0.1) is 0 Å². The van der Waals surface area contributed by atoms with E-state index in [1.807, 2.05) is 39.0 Å². The van der Waals surface area contributed by atoms with E-state index in [9.17, 15) is 9.59 Å². The standard InChI is InChI=1S/C19H28O3/c1-5-7-8-12-22-18(21)13-16(17(20)6-2)19-14(3)10-9-11-15(19)4/h9-11,16H,5-8,12-13H2,1-4H3. The van der Waals surface area contributed by atoms with Crippen molar-refractivity contribution in [2.45, 2.75) is 65.7 Å². The van der Waals surface area contributed by atoms with Crippen LogP contribution in [0.1, 0.15) is 68.6 Å². The van der Waals surface area contributed by atoms with Gasteiger partial charge in [0.2, 0.25) is 0 Å². The van der Waals surface area contributed by atoms with Gasteiger partial charge in [0.05, 0.1) is 18.9 Å². The summed E-state index contributed by atoms with van der Waals surface area (Å²) in [5.41, 5.74) is 3.11. The van der Waals surface area contributed by atoms with Gasteiger partial charge in [-0.3, -0.25) is 9.59 Å². The Balaban J connectivity index is 2.82. The van der Waals surface area contributed by atoms with Crippen LogP contribution >= 0.6 is 0 Å². The van der Waals surface area contributed by atoms with Gasteiger partial charge in [0.15, 0.2) is 0 Å². The first-order chi connectivity index (χ1) is 10.5. The van der Waals surface area contributed by atoms with Crippen LogP contribution in [0.5, 0.6) is 0 Å². The van der Waals surface area contributed by atoms with E-state index in [1.165, 1.54) is 0 Å². The molecule has 0 saturated carbocycles. The van der Waals surface area contributed by atoms with Crippen molar-refractivity contribution in [2.24, 2.45) is 0 Å². The van der Waals surface area contributed by atoms with Gasteiger partial charge in [0.1, 0.15) is 5.78 Å². The number of aryl methyl sites for hydroxylation is 2. The number of rotatable bonds is 9. The van der Waals surface area contributed by atoms with E-state index in [2.05, 4.69) is 6.92 Å². The molecule has 0 N–H and O–H groups in total. The fourth-order valence-corrected chi connectivity index (χ4v) is 2.76. The fraction of sp³-hybridized carbons (Fsp3) is 0.579. The lowest BCUT2D eigenvalue weighted by Crippen LogP contribution is -2.20. The van der Waals surface area contributed by atoms with Crippen LogP contribution in [0.3, 0.4) is 0 Å². The summed E-state index contributed by atoms with van der Waals surface area (Å²) in [4.78, 5) is 24.4. The third kappa shape index (κ3) is 5.28. The van der Waals surface area contributed by atoms with Crippen LogP contribution in [0, 0.1) is 13.8 Å². The Morgan fingerprint density at radius 3 is 2.27 bits per heavy atom. The van der Waals surface area contributed by atoms with Crippen molar-refractivity contribution in [2.75, 3.05) is 6.61 Å². The maximum atomic E-state index is 12.3. The highest BCUT2D eigenvalue weighted by molar-refractivity contribution is 5.90. The average molecular weight is 304 g/mol. The molecular weight excluding hydrogens is 276 g/mol. The molecule has 22 heavy (non-hydrogen) atoms. The first kappa shape index (κ1) is 18.4. The molecule has 1 unspecified atom stereocenters. The lowest BCUT2D eigenvalue weighted by atomic mass is 9.85. The van der Waals surface area contributed by atoms with Crippen LogP contribution in [0.25, 0.3) is 0 Å². The molecule has 1 aromatic rings. The Morgan fingerprint density at radius 1 is 1.09 bits per heavy atom. The Hall–Kier alpha value is -1.64. The normalized spacial score (nSPS) is 12.0. The van der Waals surface area contributed by atoms with Crippen molar-refractivity contribution >= 4 is 11.8 Å². The summed E-state index contributed by atoms with van der Waals surface area (Å²) in [6, 6.07) is 5.96. The van der Waals surface area contributed by atoms with Gasteiger partial charge < -0.3 is 4.74 Å². The second-order valence-corrected chi connectivity index (χ2v) is 5.81. The number of benzene rings is 1. The van der Waals surface area contributed by atoms with Gasteiger partial charge >= 0.3 is 5.97 Å². The van der Waals surface area contributed by atoms with Gasteiger partial charge in [-0.2, -0.15) is 0 Å². The third-order valence-corrected chi connectivity index (χ3v) is 4.01. The molecule has 0 aliphatic heterocycles. The minimum absolute atomic E-state index is 0.0999. The van der Waals surface area contributed by atoms with Gasteiger partial charge in [-0.05, 0) is 37.0 Å². The van der Waals surface area contributed by atoms with Gasteiger partial charge in [0, 0.05) is 6.42 Å². The lowest BCUT2D eigenvalue weighted by molar-refractivity contribution is -0.145. The number of ketones is 1. The summed E-state index contributed by atoms with van der Waals surface area (Å²) in [7, 11) is 0. The number of hydrogen-bond donors (Lipinski definition) is 0. The zero-order valence-corrected chi connectivity index (χ0v) is 14.3. The average Bonchev–Trinajstić information content (AvgIpc) is 2.49. The molecule has 1 atom stereocenters. The van der Waals surface area contributed by atoms with Crippen molar-refractivity contribution in [1.82, 2.24) is 0 Å². The van der Waals surface area contributed by atoms with Crippen LogP contribution in [-0.4, -0.2) is 18.4 Å². The van der Waals surface area contributed by atoms with Crippen LogP contribution < -0.4 is 0 Å². The van der Waals surface area contributed by atoms with E-state index < -0.39 is 0 Å². The highest BCUT2D eigenvalue weighted by atomic mass is 16.5. The van der Waals surface area contributed by atoms with Crippen LogP contribution in [0.2, 0.25) is 0 Å². The molecule has 1 rings (SSSR count). The second kappa shape index (κ2) is 9.39. The summed E-state index contributed by atoms with van der Waals surface area (Å²) in [6.45, 7) is 8.39. The molecule has 0 fully saturated rings. The zero-order chi connectivity index (χ0) is 16.5. The number of esters is 1. The Morgan fingerprint density at radius 2 is 1.73 bits per heavy atom. The van der Waals surface area contributed by atoms with E-state index in [-0.39, 0.29) is 24.1 Å². The monoisotopic (exact) mass is 304 g/mol. The van der Waals surface area contributed by atoms with Crippen LogP contribution in [0.15, 0.2) is 18.2 Å². The van der Waals surface area contributed by atoms with Gasteiger partial charge in [-0.1, -0.05) is 44.9 Å². The molecule has 3 nitrogen and oxygen atoms in total. The quantitative estimate of drug-likeness (QED) is 0.498. The first-order valence-electron chi connectivity index (χ1n) is 8.25. The molecule has 0 aromatic heterocycles. The van der Waals surface area contributed by atoms with Gasteiger partial charge in [0.25, 0.3) is 0 Å². The molecule has 0 radical (unpaired) electrons. The number of carbonyl (C=O) groups is 2.